The second-order valence-corrected chi connectivity index (χ2v) is 5.44. The van der Waals surface area contributed by atoms with Crippen molar-refractivity contribution in [2.45, 2.75) is 13.0 Å². The maximum Gasteiger partial charge on any atom is 0.272 e. The van der Waals surface area contributed by atoms with Crippen molar-refractivity contribution < 1.29 is 9.90 Å². The summed E-state index contributed by atoms with van der Waals surface area (Å²) in [5.74, 6) is 0.00244. The van der Waals surface area contributed by atoms with Gasteiger partial charge in [-0.25, -0.2) is 9.97 Å². The van der Waals surface area contributed by atoms with Gasteiger partial charge in [-0.2, -0.15) is 5.10 Å². The largest absolute Gasteiger partial charge is 0.508 e. The molecule has 0 radical (unpaired) electrons. The number of amides is 1. The highest BCUT2D eigenvalue weighted by Gasteiger charge is 2.21. The van der Waals surface area contributed by atoms with Gasteiger partial charge in [-0.1, -0.05) is 0 Å². The van der Waals surface area contributed by atoms with Crippen molar-refractivity contribution in [3.63, 3.8) is 0 Å². The SMILES string of the molecule is C[C@@H](c1ccncn1)N(C)C(=O)c1cc(-c2ccc(O)cc2)n[nH]1. The molecule has 2 N–H and O–H groups in total. The van der Waals surface area contributed by atoms with E-state index in [1.165, 1.54) is 6.33 Å². The number of nitrogens with zero attached hydrogens (tertiary/aromatic N) is 4. The highest BCUT2D eigenvalue weighted by Crippen LogP contribution is 2.22. The molecule has 0 fully saturated rings. The van der Waals surface area contributed by atoms with Crippen LogP contribution in [0.5, 0.6) is 5.75 Å². The Hall–Kier alpha value is -3.22. The molecule has 2 heterocycles. The van der Waals surface area contributed by atoms with Gasteiger partial charge in [0, 0.05) is 18.8 Å². The smallest absolute Gasteiger partial charge is 0.272 e. The highest BCUT2D eigenvalue weighted by molar-refractivity contribution is 5.93. The molecule has 0 unspecified atom stereocenters. The summed E-state index contributed by atoms with van der Waals surface area (Å²) in [6.07, 6.45) is 3.11. The average Bonchev–Trinajstić information content (AvgIpc) is 3.11. The van der Waals surface area contributed by atoms with Crippen molar-refractivity contribution in [1.29, 1.82) is 0 Å². The number of carbonyl (C=O) groups excluding carboxylic acids is 1. The summed E-state index contributed by atoms with van der Waals surface area (Å²) in [4.78, 5) is 22.3. The first-order valence-electron chi connectivity index (χ1n) is 7.44. The van der Waals surface area contributed by atoms with Crippen molar-refractivity contribution >= 4 is 5.91 Å². The molecule has 1 aromatic carbocycles. The Morgan fingerprint density at radius 1 is 1.25 bits per heavy atom. The first kappa shape index (κ1) is 15.7. The van der Waals surface area contributed by atoms with Gasteiger partial charge >= 0.3 is 0 Å². The molecule has 0 saturated carbocycles. The number of hydrogen-bond acceptors (Lipinski definition) is 5. The first-order chi connectivity index (χ1) is 11.6. The predicted octanol–water partition coefficient (Wildman–Crippen LogP) is 2.41. The molecule has 2 aromatic heterocycles. The van der Waals surface area contributed by atoms with Crippen LogP contribution in [-0.4, -0.2) is 43.1 Å². The van der Waals surface area contributed by atoms with Crippen LogP contribution in [0.1, 0.15) is 29.1 Å². The molecule has 0 spiro atoms. The van der Waals surface area contributed by atoms with E-state index in [9.17, 15) is 9.90 Å². The van der Waals surface area contributed by atoms with E-state index in [0.717, 1.165) is 11.3 Å². The minimum atomic E-state index is -0.194. The lowest BCUT2D eigenvalue weighted by atomic mass is 10.1. The maximum absolute atomic E-state index is 12.6. The molecule has 0 bridgehead atoms. The second-order valence-electron chi connectivity index (χ2n) is 5.44. The maximum atomic E-state index is 12.6. The molecule has 0 saturated heterocycles. The number of carbonyl (C=O) groups is 1. The zero-order valence-electron chi connectivity index (χ0n) is 13.3. The Bertz CT molecular complexity index is 830. The van der Waals surface area contributed by atoms with Crippen LogP contribution in [0.4, 0.5) is 0 Å². The molecule has 0 aliphatic carbocycles. The van der Waals surface area contributed by atoms with E-state index in [2.05, 4.69) is 20.2 Å². The highest BCUT2D eigenvalue weighted by atomic mass is 16.3. The fourth-order valence-corrected chi connectivity index (χ4v) is 2.32. The molecule has 122 valence electrons. The van der Waals surface area contributed by atoms with Crippen molar-refractivity contribution in [1.82, 2.24) is 25.1 Å². The van der Waals surface area contributed by atoms with Gasteiger partial charge in [0.2, 0.25) is 0 Å². The van der Waals surface area contributed by atoms with Gasteiger partial charge in [-0.3, -0.25) is 9.89 Å². The molecule has 1 atom stereocenters. The topological polar surface area (TPSA) is 95.0 Å². The Labute approximate surface area is 139 Å². The van der Waals surface area contributed by atoms with Gasteiger partial charge in [0.25, 0.3) is 5.91 Å². The van der Waals surface area contributed by atoms with Crippen LogP contribution in [0.3, 0.4) is 0 Å². The third kappa shape index (κ3) is 3.10. The van der Waals surface area contributed by atoms with Crippen LogP contribution >= 0.6 is 0 Å². The van der Waals surface area contributed by atoms with Crippen LogP contribution in [0, 0.1) is 0 Å². The number of aromatic amines is 1. The second kappa shape index (κ2) is 6.49. The van der Waals surface area contributed by atoms with Gasteiger partial charge in [0.1, 0.15) is 17.8 Å². The molecule has 7 heteroatoms. The molecule has 24 heavy (non-hydrogen) atoms. The van der Waals surface area contributed by atoms with Crippen LogP contribution < -0.4 is 0 Å². The van der Waals surface area contributed by atoms with Crippen LogP contribution in [-0.2, 0) is 0 Å². The van der Waals surface area contributed by atoms with Crippen molar-refractivity contribution in [2.24, 2.45) is 0 Å². The summed E-state index contributed by atoms with van der Waals surface area (Å²) in [5.41, 5.74) is 2.61. The molecule has 1 amide bonds. The number of aromatic nitrogens is 4. The summed E-state index contributed by atoms with van der Waals surface area (Å²) in [6.45, 7) is 1.90. The lowest BCUT2D eigenvalue weighted by Gasteiger charge is -2.23. The quantitative estimate of drug-likeness (QED) is 0.769. The van der Waals surface area contributed by atoms with E-state index in [4.69, 9.17) is 0 Å². The average molecular weight is 323 g/mol. The van der Waals surface area contributed by atoms with Gasteiger partial charge in [0.05, 0.1) is 17.4 Å². The molecule has 3 aromatic rings. The fourth-order valence-electron chi connectivity index (χ4n) is 2.32. The van der Waals surface area contributed by atoms with E-state index in [0.29, 0.717) is 11.4 Å². The zero-order chi connectivity index (χ0) is 17.1. The summed E-state index contributed by atoms with van der Waals surface area (Å²) in [5, 5.41) is 16.3. The van der Waals surface area contributed by atoms with Gasteiger partial charge in [-0.15, -0.1) is 0 Å². The molecule has 0 aliphatic rings. The number of rotatable bonds is 4. The van der Waals surface area contributed by atoms with E-state index < -0.39 is 0 Å². The van der Waals surface area contributed by atoms with E-state index >= 15 is 0 Å². The van der Waals surface area contributed by atoms with Crippen LogP contribution in [0.25, 0.3) is 11.3 Å². The number of aromatic hydroxyl groups is 1. The minimum Gasteiger partial charge on any atom is -0.508 e. The standard InChI is InChI=1S/C17H17N5O2/c1-11(14-7-8-18-10-19-14)22(2)17(24)16-9-15(20-21-16)12-3-5-13(23)6-4-12/h3-11,23H,1-2H3,(H,20,21)/t11-/m0/s1. The minimum absolute atomic E-state index is 0.182. The third-order valence-corrected chi connectivity index (χ3v) is 3.91. The number of nitrogens with one attached hydrogen (secondary N) is 1. The molecular weight excluding hydrogens is 306 g/mol. The summed E-state index contributed by atoms with van der Waals surface area (Å²) >= 11 is 0. The van der Waals surface area contributed by atoms with E-state index in [1.54, 1.807) is 54.5 Å². The van der Waals surface area contributed by atoms with Crippen LogP contribution in [0.2, 0.25) is 0 Å². The first-order valence-corrected chi connectivity index (χ1v) is 7.44. The predicted molar refractivity (Wildman–Crippen MR) is 88.2 cm³/mol. The Morgan fingerprint density at radius 3 is 2.67 bits per heavy atom. The number of H-pyrrole nitrogens is 1. The zero-order valence-corrected chi connectivity index (χ0v) is 13.3. The van der Waals surface area contributed by atoms with Crippen molar-refractivity contribution in [2.75, 3.05) is 7.05 Å². The third-order valence-electron chi connectivity index (χ3n) is 3.91. The number of phenolic OH excluding ortho intramolecular Hbond substituents is 1. The summed E-state index contributed by atoms with van der Waals surface area (Å²) < 4.78 is 0. The molecule has 7 nitrogen and oxygen atoms in total. The van der Waals surface area contributed by atoms with E-state index in [-0.39, 0.29) is 17.7 Å². The Kier molecular flexibility index (Phi) is 4.24. The van der Waals surface area contributed by atoms with Crippen LogP contribution in [0.15, 0.2) is 48.9 Å². The fraction of sp³-hybridized carbons (Fsp3) is 0.176. The summed E-state index contributed by atoms with van der Waals surface area (Å²) in [6, 6.07) is 9.92. The monoisotopic (exact) mass is 323 g/mol. The van der Waals surface area contributed by atoms with Gasteiger partial charge < -0.3 is 10.0 Å². The molecule has 3 rings (SSSR count). The number of hydrogen-bond donors (Lipinski definition) is 2. The number of benzene rings is 1. The lowest BCUT2D eigenvalue weighted by Crippen LogP contribution is -2.30. The van der Waals surface area contributed by atoms with Gasteiger partial charge in [0.15, 0.2) is 0 Å². The number of phenols is 1. The lowest BCUT2D eigenvalue weighted by molar-refractivity contribution is 0.0733. The molecular formula is C17H17N5O2. The van der Waals surface area contributed by atoms with Gasteiger partial charge in [-0.05, 0) is 43.3 Å². The summed E-state index contributed by atoms with van der Waals surface area (Å²) in [7, 11) is 1.72. The Morgan fingerprint density at radius 2 is 2.00 bits per heavy atom. The normalized spacial score (nSPS) is 11.9. The van der Waals surface area contributed by atoms with Crippen molar-refractivity contribution in [3.8, 4) is 17.0 Å². The van der Waals surface area contributed by atoms with Crippen molar-refractivity contribution in [3.05, 3.63) is 60.3 Å². The van der Waals surface area contributed by atoms with E-state index in [1.807, 2.05) is 6.92 Å². The Balaban J connectivity index is 1.79. The molecule has 0 aliphatic heterocycles.